The first-order valence-corrected chi connectivity index (χ1v) is 16.1. The third-order valence-corrected chi connectivity index (χ3v) is 11.5. The number of thiophene rings is 5. The number of ether oxygens (including phenoxy) is 2. The number of nitriles is 4. The molecule has 196 valence electrons. The van der Waals surface area contributed by atoms with Crippen LogP contribution >= 0.6 is 56.7 Å². The van der Waals surface area contributed by atoms with Crippen LogP contribution in [-0.2, 0) is 0 Å². The Morgan fingerprint density at radius 3 is 1.44 bits per heavy atom. The molecule has 0 unspecified atom stereocenters. The van der Waals surface area contributed by atoms with Crippen LogP contribution in [-0.4, -0.2) is 13.2 Å². The second-order valence-corrected chi connectivity index (χ2v) is 13.8. The van der Waals surface area contributed by atoms with Gasteiger partial charge in [0.15, 0.2) is 11.5 Å². The zero-order chi connectivity index (χ0) is 28.3. The van der Waals surface area contributed by atoms with Gasteiger partial charge >= 0.3 is 0 Å². The van der Waals surface area contributed by atoms with Crippen molar-refractivity contribution in [2.24, 2.45) is 0 Å². The fraction of sp³-hybridized carbons (Fsp3) is 0.0667. The Morgan fingerprint density at radius 1 is 0.585 bits per heavy atom. The SMILES string of the molecule is N#CC(=Cc1ccc(-c2sc(-c3ccc(C=C(C#N)c4ccc(C#N)s4)s3)c3c2OCCO3)s1)c1ccc(C#N)s1. The molecular formula is C30H14N4O2S5. The van der Waals surface area contributed by atoms with Crippen LogP contribution in [0.25, 0.3) is 42.8 Å². The van der Waals surface area contributed by atoms with E-state index < -0.39 is 0 Å². The second kappa shape index (κ2) is 11.6. The summed E-state index contributed by atoms with van der Waals surface area (Å²) >= 11 is 7.31. The van der Waals surface area contributed by atoms with Gasteiger partial charge in [0.2, 0.25) is 0 Å². The van der Waals surface area contributed by atoms with Crippen LogP contribution in [0.3, 0.4) is 0 Å². The molecule has 0 amide bonds. The molecule has 0 saturated heterocycles. The molecule has 1 aliphatic heterocycles. The number of nitrogens with zero attached hydrogens (tertiary/aromatic N) is 4. The van der Waals surface area contributed by atoms with E-state index in [4.69, 9.17) is 20.0 Å². The molecule has 6 heterocycles. The van der Waals surface area contributed by atoms with Crippen molar-refractivity contribution in [1.29, 1.82) is 21.0 Å². The molecule has 0 aromatic carbocycles. The summed E-state index contributed by atoms with van der Waals surface area (Å²) in [6.07, 6.45) is 3.69. The lowest BCUT2D eigenvalue weighted by Crippen LogP contribution is -2.14. The highest BCUT2D eigenvalue weighted by molar-refractivity contribution is 7.27. The van der Waals surface area contributed by atoms with Gasteiger partial charge in [-0.25, -0.2) is 0 Å². The summed E-state index contributed by atoms with van der Waals surface area (Å²) in [7, 11) is 0. The van der Waals surface area contributed by atoms with Crippen LogP contribution in [0.15, 0.2) is 48.5 Å². The molecular weight excluding hydrogens is 609 g/mol. The van der Waals surface area contributed by atoms with Crippen molar-refractivity contribution in [2.45, 2.75) is 0 Å². The third-order valence-electron chi connectivity index (χ3n) is 5.88. The van der Waals surface area contributed by atoms with Crippen LogP contribution in [0.5, 0.6) is 11.5 Å². The lowest BCUT2D eigenvalue weighted by molar-refractivity contribution is 0.175. The second-order valence-electron chi connectivity index (χ2n) is 8.41. The van der Waals surface area contributed by atoms with Gasteiger partial charge in [-0.15, -0.1) is 56.7 Å². The molecule has 0 saturated carbocycles. The first-order chi connectivity index (χ1) is 20.1. The van der Waals surface area contributed by atoms with Crippen LogP contribution < -0.4 is 9.47 Å². The smallest absolute Gasteiger partial charge is 0.181 e. The lowest BCUT2D eigenvalue weighted by Gasteiger charge is -2.16. The maximum atomic E-state index is 9.73. The van der Waals surface area contributed by atoms with Crippen molar-refractivity contribution in [3.8, 4) is 55.3 Å². The zero-order valence-electron chi connectivity index (χ0n) is 20.8. The fourth-order valence-corrected chi connectivity index (χ4v) is 8.91. The molecule has 0 aliphatic carbocycles. The van der Waals surface area contributed by atoms with Gasteiger partial charge in [-0.05, 0) is 60.7 Å². The van der Waals surface area contributed by atoms with Crippen LogP contribution in [0.4, 0.5) is 0 Å². The first-order valence-electron chi connectivity index (χ1n) is 12.0. The molecule has 6 rings (SSSR count). The Hall–Kier alpha value is -4.46. The van der Waals surface area contributed by atoms with E-state index in [0.717, 1.165) is 50.5 Å². The van der Waals surface area contributed by atoms with Crippen molar-refractivity contribution in [3.63, 3.8) is 0 Å². The average Bonchev–Trinajstić information content (AvgIpc) is 3.83. The molecule has 5 aromatic rings. The molecule has 0 atom stereocenters. The first kappa shape index (κ1) is 26.7. The van der Waals surface area contributed by atoms with Crippen molar-refractivity contribution < 1.29 is 9.47 Å². The monoisotopic (exact) mass is 622 g/mol. The highest BCUT2D eigenvalue weighted by atomic mass is 32.1. The van der Waals surface area contributed by atoms with Gasteiger partial charge in [0.1, 0.15) is 47.2 Å². The summed E-state index contributed by atoms with van der Waals surface area (Å²) in [5, 5.41) is 37.7. The van der Waals surface area contributed by atoms with E-state index in [-0.39, 0.29) is 0 Å². The highest BCUT2D eigenvalue weighted by Crippen LogP contribution is 2.55. The van der Waals surface area contributed by atoms with Crippen molar-refractivity contribution in [3.05, 3.63) is 77.8 Å². The minimum atomic E-state index is 0.460. The van der Waals surface area contributed by atoms with E-state index in [9.17, 15) is 10.5 Å². The summed E-state index contributed by atoms with van der Waals surface area (Å²) in [4.78, 5) is 8.44. The van der Waals surface area contributed by atoms with Crippen LogP contribution in [0, 0.1) is 45.3 Å². The van der Waals surface area contributed by atoms with E-state index in [1.54, 1.807) is 58.3 Å². The zero-order valence-corrected chi connectivity index (χ0v) is 24.9. The Bertz CT molecular complexity index is 1880. The lowest BCUT2D eigenvalue weighted by atomic mass is 10.2. The minimum absolute atomic E-state index is 0.460. The molecule has 0 N–H and O–H groups in total. The number of allylic oxidation sites excluding steroid dienone is 2. The summed E-state index contributed by atoms with van der Waals surface area (Å²) in [6, 6.07) is 23.8. The van der Waals surface area contributed by atoms with Gasteiger partial charge < -0.3 is 9.47 Å². The van der Waals surface area contributed by atoms with Crippen molar-refractivity contribution in [2.75, 3.05) is 13.2 Å². The maximum absolute atomic E-state index is 9.73. The molecule has 5 aromatic heterocycles. The quantitative estimate of drug-likeness (QED) is 0.175. The number of rotatable bonds is 6. The minimum Gasteiger partial charge on any atom is -0.485 e. The molecule has 6 nitrogen and oxygen atoms in total. The summed E-state index contributed by atoms with van der Waals surface area (Å²) in [6.45, 7) is 0.921. The molecule has 0 spiro atoms. The third kappa shape index (κ3) is 5.34. The Kier molecular flexibility index (Phi) is 7.55. The summed E-state index contributed by atoms with van der Waals surface area (Å²) in [5.41, 5.74) is 1.03. The van der Waals surface area contributed by atoms with E-state index in [0.29, 0.717) is 34.1 Å². The van der Waals surface area contributed by atoms with Gasteiger partial charge in [0, 0.05) is 29.3 Å². The van der Waals surface area contributed by atoms with E-state index in [1.807, 2.05) is 36.4 Å². The fourth-order valence-electron chi connectivity index (χ4n) is 4.07. The normalized spacial score (nSPS) is 12.8. The Balaban J connectivity index is 1.33. The van der Waals surface area contributed by atoms with Gasteiger partial charge in [-0.3, -0.25) is 0 Å². The van der Waals surface area contributed by atoms with Gasteiger partial charge in [-0.1, -0.05) is 0 Å². The van der Waals surface area contributed by atoms with Crippen LogP contribution in [0.1, 0.15) is 29.3 Å². The number of fused-ring (bicyclic) bond motifs is 1. The Labute approximate surface area is 255 Å². The van der Waals surface area contributed by atoms with Crippen molar-refractivity contribution in [1.82, 2.24) is 0 Å². The largest absolute Gasteiger partial charge is 0.485 e. The summed E-state index contributed by atoms with van der Waals surface area (Å²) in [5.74, 6) is 1.44. The molecule has 11 heteroatoms. The summed E-state index contributed by atoms with van der Waals surface area (Å²) < 4.78 is 12.2. The van der Waals surface area contributed by atoms with E-state index in [2.05, 4.69) is 24.3 Å². The molecule has 0 fully saturated rings. The predicted octanol–water partition coefficient (Wildman–Crippen LogP) is 8.97. The number of hydrogen-bond acceptors (Lipinski definition) is 11. The van der Waals surface area contributed by atoms with E-state index in [1.165, 1.54) is 22.7 Å². The standard InChI is InChI=1S/C30H14N4O2S5/c31-13-17(23-5-3-21(15-33)39-23)11-19-1-7-25(37-19)29-27-28(36-10-9-35-27)30(41-29)26-8-2-20(38-26)12-18(14-32)24-6-4-22(16-34)40-24/h1-8,11-12H,9-10H2. The molecule has 0 bridgehead atoms. The maximum Gasteiger partial charge on any atom is 0.181 e. The van der Waals surface area contributed by atoms with E-state index >= 15 is 0 Å². The number of hydrogen-bond donors (Lipinski definition) is 0. The highest BCUT2D eigenvalue weighted by Gasteiger charge is 2.27. The topological polar surface area (TPSA) is 114 Å². The predicted molar refractivity (Wildman–Crippen MR) is 167 cm³/mol. The Morgan fingerprint density at radius 2 is 1.05 bits per heavy atom. The van der Waals surface area contributed by atoms with Gasteiger partial charge in [-0.2, -0.15) is 21.0 Å². The molecule has 1 aliphatic rings. The van der Waals surface area contributed by atoms with Crippen molar-refractivity contribution >= 4 is 80.0 Å². The molecule has 0 radical (unpaired) electrons. The molecule has 41 heavy (non-hydrogen) atoms. The van der Waals surface area contributed by atoms with Gasteiger partial charge in [0.05, 0.1) is 20.9 Å². The average molecular weight is 623 g/mol. The van der Waals surface area contributed by atoms with Gasteiger partial charge in [0.25, 0.3) is 0 Å². The van der Waals surface area contributed by atoms with Crippen LogP contribution in [0.2, 0.25) is 0 Å².